The van der Waals surface area contributed by atoms with E-state index in [4.69, 9.17) is 11.5 Å². The first-order valence-corrected chi connectivity index (χ1v) is 9.22. The Morgan fingerprint density at radius 1 is 1.26 bits per heavy atom. The molecule has 1 fully saturated rings. The van der Waals surface area contributed by atoms with Crippen LogP contribution in [0.5, 0.6) is 0 Å². The fraction of sp³-hybridized carbons (Fsp3) is 0.368. The van der Waals surface area contributed by atoms with Gasteiger partial charge in [-0.25, -0.2) is 9.79 Å². The lowest BCUT2D eigenvalue weighted by Crippen LogP contribution is -2.51. The molecular weight excluding hydrogens is 342 g/mol. The second kappa shape index (κ2) is 7.32. The van der Waals surface area contributed by atoms with Crippen molar-refractivity contribution in [2.24, 2.45) is 16.5 Å². The Hall–Kier alpha value is -3.00. The second-order valence-electron chi connectivity index (χ2n) is 7.13. The maximum Gasteiger partial charge on any atom is 0.327 e. The smallest absolute Gasteiger partial charge is 0.327 e. The molecule has 6 N–H and O–H groups in total. The lowest BCUT2D eigenvalue weighted by atomic mass is 10.1. The summed E-state index contributed by atoms with van der Waals surface area (Å²) in [5.41, 5.74) is 14.1. The zero-order chi connectivity index (χ0) is 18.8. The molecule has 0 radical (unpaired) electrons. The minimum absolute atomic E-state index is 0.120. The molecule has 2 atom stereocenters. The van der Waals surface area contributed by atoms with Crippen molar-refractivity contribution in [3.8, 4) is 0 Å². The fourth-order valence-corrected chi connectivity index (χ4v) is 3.78. The van der Waals surface area contributed by atoms with Gasteiger partial charge in [-0.05, 0) is 49.4 Å². The topological polar surface area (TPSA) is 112 Å². The molecule has 142 valence electrons. The first kappa shape index (κ1) is 17.4. The van der Waals surface area contributed by atoms with Crippen molar-refractivity contribution in [3.05, 3.63) is 53.9 Å². The van der Waals surface area contributed by atoms with Crippen LogP contribution in [0.25, 0.3) is 0 Å². The predicted octanol–water partition coefficient (Wildman–Crippen LogP) is 0.781. The normalized spacial score (nSPS) is 24.7. The zero-order valence-corrected chi connectivity index (χ0v) is 15.1. The molecule has 2 unspecified atom stereocenters. The van der Waals surface area contributed by atoms with Crippen molar-refractivity contribution >= 4 is 17.7 Å². The molecule has 1 aromatic carbocycles. The van der Waals surface area contributed by atoms with Gasteiger partial charge in [-0.15, -0.1) is 0 Å². The molecule has 3 aliphatic heterocycles. The van der Waals surface area contributed by atoms with Crippen LogP contribution in [0, 0.1) is 0 Å². The summed E-state index contributed by atoms with van der Waals surface area (Å²) >= 11 is 0. The van der Waals surface area contributed by atoms with E-state index in [9.17, 15) is 4.79 Å². The third-order valence-corrected chi connectivity index (χ3v) is 5.07. The van der Waals surface area contributed by atoms with Crippen molar-refractivity contribution in [2.75, 3.05) is 18.0 Å². The van der Waals surface area contributed by atoms with Gasteiger partial charge in [0.05, 0.1) is 11.7 Å². The maximum atomic E-state index is 12.3. The average Bonchev–Trinajstić information content (AvgIpc) is 3.09. The number of anilines is 1. The van der Waals surface area contributed by atoms with Crippen LogP contribution in [0.2, 0.25) is 0 Å². The highest BCUT2D eigenvalue weighted by atomic mass is 16.2. The predicted molar refractivity (Wildman–Crippen MR) is 106 cm³/mol. The molecule has 8 nitrogen and oxygen atoms in total. The van der Waals surface area contributed by atoms with Gasteiger partial charge >= 0.3 is 6.03 Å². The number of nitrogens with two attached hydrogens (primary N) is 2. The van der Waals surface area contributed by atoms with E-state index in [1.165, 1.54) is 5.56 Å². The lowest BCUT2D eigenvalue weighted by molar-refractivity contribution is 0.202. The standard InChI is InChI=1S/C19H25N7O/c20-18(21)23-15-2-1-9-25(12-15)10-13-3-5-16(6-4-13)26-11-14-7-8-22-17(14)24-19(26)27/h3-8,11,15,17,22H,1-2,9-10,12H2,(H,24,27)(H4,20,21,23). The first-order chi connectivity index (χ1) is 13.1. The molecule has 0 spiro atoms. The van der Waals surface area contributed by atoms with Crippen molar-refractivity contribution < 1.29 is 4.79 Å². The SMILES string of the molecule is NC(N)=NC1CCCN(Cc2ccc(N3C=C4C=CNC4NC3=O)cc2)C1. The molecule has 4 rings (SSSR count). The molecule has 0 bridgehead atoms. The number of rotatable bonds is 4. The van der Waals surface area contributed by atoms with Crippen molar-refractivity contribution in [3.63, 3.8) is 0 Å². The van der Waals surface area contributed by atoms with Crippen LogP contribution in [0.4, 0.5) is 10.5 Å². The third-order valence-electron chi connectivity index (χ3n) is 5.07. The van der Waals surface area contributed by atoms with Crippen LogP contribution in [0.1, 0.15) is 18.4 Å². The Labute approximate surface area is 158 Å². The van der Waals surface area contributed by atoms with Gasteiger partial charge in [-0.2, -0.15) is 0 Å². The van der Waals surface area contributed by atoms with Gasteiger partial charge in [0.1, 0.15) is 6.17 Å². The molecule has 0 saturated carbocycles. The largest absolute Gasteiger partial charge is 0.370 e. The monoisotopic (exact) mass is 367 g/mol. The van der Waals surface area contributed by atoms with E-state index in [1.54, 1.807) is 4.90 Å². The number of benzene rings is 1. The van der Waals surface area contributed by atoms with E-state index in [1.807, 2.05) is 30.6 Å². The lowest BCUT2D eigenvalue weighted by Gasteiger charge is -2.31. The summed E-state index contributed by atoms with van der Waals surface area (Å²) in [6, 6.07) is 8.14. The molecule has 1 saturated heterocycles. The van der Waals surface area contributed by atoms with Crippen LogP contribution >= 0.6 is 0 Å². The average molecular weight is 367 g/mol. The minimum Gasteiger partial charge on any atom is -0.370 e. The number of likely N-dealkylation sites (tertiary alicyclic amines) is 1. The summed E-state index contributed by atoms with van der Waals surface area (Å²) in [5.74, 6) is 0.162. The number of amides is 2. The highest BCUT2D eigenvalue weighted by molar-refractivity contribution is 5.95. The Morgan fingerprint density at radius 3 is 2.85 bits per heavy atom. The van der Waals surface area contributed by atoms with Gasteiger partial charge in [0.2, 0.25) is 0 Å². The summed E-state index contributed by atoms with van der Waals surface area (Å²) in [6.07, 6.45) is 7.68. The zero-order valence-electron chi connectivity index (χ0n) is 15.1. The quantitative estimate of drug-likeness (QED) is 0.464. The highest BCUT2D eigenvalue weighted by Crippen LogP contribution is 2.23. The van der Waals surface area contributed by atoms with Crippen LogP contribution in [-0.4, -0.2) is 42.2 Å². The molecule has 0 aliphatic carbocycles. The van der Waals surface area contributed by atoms with Crippen molar-refractivity contribution in [2.45, 2.75) is 31.6 Å². The molecule has 2 amide bonds. The van der Waals surface area contributed by atoms with E-state index in [0.717, 1.165) is 43.7 Å². The second-order valence-corrected chi connectivity index (χ2v) is 7.13. The first-order valence-electron chi connectivity index (χ1n) is 9.22. The van der Waals surface area contributed by atoms with Gasteiger partial charge in [-0.1, -0.05) is 12.1 Å². The number of guanidine groups is 1. The summed E-state index contributed by atoms with van der Waals surface area (Å²) in [7, 11) is 0. The van der Waals surface area contributed by atoms with E-state index in [0.29, 0.717) is 0 Å². The van der Waals surface area contributed by atoms with Crippen LogP contribution in [-0.2, 0) is 6.54 Å². The molecule has 3 aliphatic rings. The molecular formula is C19H25N7O. The summed E-state index contributed by atoms with van der Waals surface area (Å²) in [4.78, 5) is 20.6. The minimum atomic E-state index is -0.135. The van der Waals surface area contributed by atoms with E-state index in [2.05, 4.69) is 32.7 Å². The number of carbonyl (C=O) groups excluding carboxylic acids is 1. The number of fused-ring (bicyclic) bond motifs is 1. The number of nitrogens with zero attached hydrogens (tertiary/aromatic N) is 3. The van der Waals surface area contributed by atoms with Crippen LogP contribution in [0.15, 0.2) is 53.3 Å². The van der Waals surface area contributed by atoms with Gasteiger partial charge < -0.3 is 22.1 Å². The van der Waals surface area contributed by atoms with E-state index in [-0.39, 0.29) is 24.2 Å². The number of hydrogen-bond acceptors (Lipinski definition) is 4. The molecule has 27 heavy (non-hydrogen) atoms. The number of aliphatic imine (C=N–C) groups is 1. The maximum absolute atomic E-state index is 12.3. The molecule has 1 aromatic rings. The van der Waals surface area contributed by atoms with Gasteiger partial charge in [0.25, 0.3) is 0 Å². The summed E-state index contributed by atoms with van der Waals surface area (Å²) < 4.78 is 0. The van der Waals surface area contributed by atoms with Gasteiger partial charge in [0, 0.05) is 24.9 Å². The van der Waals surface area contributed by atoms with Crippen molar-refractivity contribution in [1.82, 2.24) is 15.5 Å². The van der Waals surface area contributed by atoms with Crippen LogP contribution in [0.3, 0.4) is 0 Å². The van der Waals surface area contributed by atoms with Gasteiger partial charge in [0.15, 0.2) is 5.96 Å². The van der Waals surface area contributed by atoms with E-state index >= 15 is 0 Å². The molecule has 8 heteroatoms. The number of carbonyl (C=O) groups is 1. The summed E-state index contributed by atoms with van der Waals surface area (Å²) in [5, 5.41) is 6.02. The van der Waals surface area contributed by atoms with E-state index < -0.39 is 0 Å². The Morgan fingerprint density at radius 2 is 2.07 bits per heavy atom. The third kappa shape index (κ3) is 3.90. The molecule has 3 heterocycles. The molecule has 0 aromatic heterocycles. The number of urea groups is 1. The number of piperidine rings is 1. The Balaban J connectivity index is 1.42. The van der Waals surface area contributed by atoms with Crippen molar-refractivity contribution in [1.29, 1.82) is 0 Å². The van der Waals surface area contributed by atoms with Crippen LogP contribution < -0.4 is 27.0 Å². The Kier molecular flexibility index (Phi) is 4.72. The van der Waals surface area contributed by atoms with Gasteiger partial charge in [-0.3, -0.25) is 9.80 Å². The number of hydrogen-bond donors (Lipinski definition) is 4. The fourth-order valence-electron chi connectivity index (χ4n) is 3.78. The Bertz CT molecular complexity index is 795. The summed E-state index contributed by atoms with van der Waals surface area (Å²) in [6.45, 7) is 2.75. The number of nitrogens with one attached hydrogen (secondary N) is 2. The highest BCUT2D eigenvalue weighted by Gasteiger charge is 2.28.